The van der Waals surface area contributed by atoms with Crippen LogP contribution in [-0.2, 0) is 15.7 Å². The Balaban J connectivity index is 2.85. The molecule has 1 aromatic rings. The Morgan fingerprint density at radius 1 is 1.30 bits per heavy atom. The lowest BCUT2D eigenvalue weighted by molar-refractivity contribution is -0.137. The summed E-state index contributed by atoms with van der Waals surface area (Å²) in [4.78, 5) is 11.6. The highest BCUT2D eigenvalue weighted by Crippen LogP contribution is 2.36. The quantitative estimate of drug-likeness (QED) is 0.883. The van der Waals surface area contributed by atoms with Crippen molar-refractivity contribution in [3.05, 3.63) is 28.2 Å². The van der Waals surface area contributed by atoms with Gasteiger partial charge in [0.1, 0.15) is 6.61 Å². The summed E-state index contributed by atoms with van der Waals surface area (Å²) in [5, 5.41) is 2.21. The van der Waals surface area contributed by atoms with Gasteiger partial charge in [0.15, 0.2) is 0 Å². The number of halogens is 4. The SMILES string of the molecule is CC(C)(C)OCC(=O)Nc1ccc(Br)cc1C(F)(F)F. The van der Waals surface area contributed by atoms with Crippen LogP contribution in [0.1, 0.15) is 26.3 Å². The van der Waals surface area contributed by atoms with E-state index >= 15 is 0 Å². The number of nitrogens with one attached hydrogen (secondary N) is 1. The second-order valence-electron chi connectivity index (χ2n) is 5.14. The first kappa shape index (κ1) is 17.0. The van der Waals surface area contributed by atoms with E-state index in [0.29, 0.717) is 0 Å². The smallest absolute Gasteiger partial charge is 0.366 e. The maximum Gasteiger partial charge on any atom is 0.418 e. The number of anilines is 1. The highest BCUT2D eigenvalue weighted by atomic mass is 79.9. The number of carbonyl (C=O) groups excluding carboxylic acids is 1. The fourth-order valence-corrected chi connectivity index (χ4v) is 1.69. The van der Waals surface area contributed by atoms with E-state index in [-0.39, 0.29) is 16.8 Å². The monoisotopic (exact) mass is 353 g/mol. The van der Waals surface area contributed by atoms with Crippen molar-refractivity contribution in [3.63, 3.8) is 0 Å². The predicted molar refractivity (Wildman–Crippen MR) is 73.5 cm³/mol. The third kappa shape index (κ3) is 5.50. The van der Waals surface area contributed by atoms with E-state index in [9.17, 15) is 18.0 Å². The summed E-state index contributed by atoms with van der Waals surface area (Å²) in [6, 6.07) is 3.54. The van der Waals surface area contributed by atoms with Crippen LogP contribution in [0, 0.1) is 0 Å². The molecule has 0 unspecified atom stereocenters. The first-order chi connectivity index (χ1) is 8.99. The third-order valence-electron chi connectivity index (χ3n) is 2.20. The predicted octanol–water partition coefficient (Wildman–Crippen LogP) is 4.22. The molecule has 0 radical (unpaired) electrons. The number of rotatable bonds is 3. The van der Waals surface area contributed by atoms with Gasteiger partial charge in [-0.1, -0.05) is 15.9 Å². The maximum atomic E-state index is 12.9. The van der Waals surface area contributed by atoms with E-state index in [4.69, 9.17) is 4.74 Å². The van der Waals surface area contributed by atoms with E-state index in [1.165, 1.54) is 12.1 Å². The highest BCUT2D eigenvalue weighted by Gasteiger charge is 2.34. The third-order valence-corrected chi connectivity index (χ3v) is 2.69. The molecular weight excluding hydrogens is 339 g/mol. The van der Waals surface area contributed by atoms with Crippen molar-refractivity contribution < 1.29 is 22.7 Å². The molecule has 0 spiro atoms. The molecular formula is C13H15BrF3NO2. The zero-order valence-electron chi connectivity index (χ0n) is 11.3. The van der Waals surface area contributed by atoms with Crippen molar-refractivity contribution in [3.8, 4) is 0 Å². The lowest BCUT2D eigenvalue weighted by Crippen LogP contribution is -2.27. The van der Waals surface area contributed by atoms with Crippen molar-refractivity contribution in [2.24, 2.45) is 0 Å². The molecule has 0 aliphatic carbocycles. The second-order valence-corrected chi connectivity index (χ2v) is 6.05. The van der Waals surface area contributed by atoms with Crippen molar-refractivity contribution in [2.75, 3.05) is 11.9 Å². The number of benzene rings is 1. The van der Waals surface area contributed by atoms with Gasteiger partial charge in [0, 0.05) is 4.47 Å². The van der Waals surface area contributed by atoms with Crippen LogP contribution in [-0.4, -0.2) is 18.1 Å². The molecule has 1 N–H and O–H groups in total. The van der Waals surface area contributed by atoms with Gasteiger partial charge in [-0.2, -0.15) is 13.2 Å². The van der Waals surface area contributed by atoms with E-state index in [0.717, 1.165) is 6.07 Å². The molecule has 1 amide bonds. The van der Waals surface area contributed by atoms with Crippen LogP contribution < -0.4 is 5.32 Å². The summed E-state index contributed by atoms with van der Waals surface area (Å²) in [6.07, 6.45) is -4.54. The molecule has 112 valence electrons. The van der Waals surface area contributed by atoms with Crippen LogP contribution in [0.5, 0.6) is 0 Å². The van der Waals surface area contributed by atoms with Crippen molar-refractivity contribution in [2.45, 2.75) is 32.5 Å². The summed E-state index contributed by atoms with van der Waals surface area (Å²) < 4.78 is 44.0. The number of hydrogen-bond donors (Lipinski definition) is 1. The van der Waals surface area contributed by atoms with Gasteiger partial charge in [-0.25, -0.2) is 0 Å². The molecule has 1 rings (SSSR count). The van der Waals surface area contributed by atoms with Gasteiger partial charge in [-0.05, 0) is 39.0 Å². The van der Waals surface area contributed by atoms with E-state index < -0.39 is 23.2 Å². The Bertz CT molecular complexity index is 495. The van der Waals surface area contributed by atoms with Crippen LogP contribution in [0.25, 0.3) is 0 Å². The standard InChI is InChI=1S/C13H15BrF3NO2/c1-12(2,3)20-7-11(19)18-10-5-4-8(14)6-9(10)13(15,16)17/h4-6H,7H2,1-3H3,(H,18,19). The van der Waals surface area contributed by atoms with Crippen molar-refractivity contribution >= 4 is 27.5 Å². The van der Waals surface area contributed by atoms with Crippen LogP contribution in [0.2, 0.25) is 0 Å². The van der Waals surface area contributed by atoms with E-state index in [1.807, 2.05) is 0 Å². The molecule has 0 heterocycles. The van der Waals surface area contributed by atoms with Gasteiger partial charge >= 0.3 is 6.18 Å². The minimum Gasteiger partial charge on any atom is -0.366 e. The van der Waals surface area contributed by atoms with Crippen molar-refractivity contribution in [1.82, 2.24) is 0 Å². The van der Waals surface area contributed by atoms with Gasteiger partial charge in [0.2, 0.25) is 5.91 Å². The molecule has 0 saturated heterocycles. The number of hydrogen-bond acceptors (Lipinski definition) is 2. The number of alkyl halides is 3. The van der Waals surface area contributed by atoms with Crippen LogP contribution in [0.15, 0.2) is 22.7 Å². The molecule has 1 aromatic carbocycles. The van der Waals surface area contributed by atoms with E-state index in [2.05, 4.69) is 21.2 Å². The molecule has 0 aliphatic heterocycles. The number of amides is 1. The Kier molecular flexibility index (Phi) is 5.21. The summed E-state index contributed by atoms with van der Waals surface area (Å²) >= 11 is 2.97. The van der Waals surface area contributed by atoms with Crippen LogP contribution in [0.4, 0.5) is 18.9 Å². The molecule has 0 aliphatic rings. The largest absolute Gasteiger partial charge is 0.418 e. The molecule has 0 saturated carbocycles. The Morgan fingerprint density at radius 3 is 2.40 bits per heavy atom. The summed E-state index contributed by atoms with van der Waals surface area (Å²) in [6.45, 7) is 4.94. The fourth-order valence-electron chi connectivity index (χ4n) is 1.33. The molecule has 0 fully saturated rings. The highest BCUT2D eigenvalue weighted by molar-refractivity contribution is 9.10. The lowest BCUT2D eigenvalue weighted by Gasteiger charge is -2.19. The molecule has 0 bridgehead atoms. The Labute approximate surface area is 123 Å². The first-order valence-electron chi connectivity index (χ1n) is 5.79. The summed E-state index contributed by atoms with van der Waals surface area (Å²) in [5.74, 6) is -0.632. The molecule has 20 heavy (non-hydrogen) atoms. The molecule has 0 atom stereocenters. The van der Waals surface area contributed by atoms with E-state index in [1.54, 1.807) is 20.8 Å². The Hall–Kier alpha value is -1.08. The number of carbonyl (C=O) groups is 1. The summed E-state index contributed by atoms with van der Waals surface area (Å²) in [7, 11) is 0. The zero-order valence-corrected chi connectivity index (χ0v) is 12.9. The summed E-state index contributed by atoms with van der Waals surface area (Å²) in [5.41, 5.74) is -1.73. The van der Waals surface area contributed by atoms with Gasteiger partial charge in [-0.15, -0.1) is 0 Å². The van der Waals surface area contributed by atoms with Gasteiger partial charge in [0.05, 0.1) is 16.9 Å². The van der Waals surface area contributed by atoms with Gasteiger partial charge < -0.3 is 10.1 Å². The fraction of sp³-hybridized carbons (Fsp3) is 0.462. The second kappa shape index (κ2) is 6.13. The minimum atomic E-state index is -4.54. The van der Waals surface area contributed by atoms with Gasteiger partial charge in [0.25, 0.3) is 0 Å². The molecule has 0 aromatic heterocycles. The molecule has 3 nitrogen and oxygen atoms in total. The average molecular weight is 354 g/mol. The molecule has 7 heteroatoms. The van der Waals surface area contributed by atoms with Gasteiger partial charge in [-0.3, -0.25) is 4.79 Å². The topological polar surface area (TPSA) is 38.3 Å². The van der Waals surface area contributed by atoms with Crippen LogP contribution >= 0.6 is 15.9 Å². The average Bonchev–Trinajstić information content (AvgIpc) is 2.26. The van der Waals surface area contributed by atoms with Crippen LogP contribution in [0.3, 0.4) is 0 Å². The first-order valence-corrected chi connectivity index (χ1v) is 6.59. The van der Waals surface area contributed by atoms with Crippen molar-refractivity contribution in [1.29, 1.82) is 0 Å². The lowest BCUT2D eigenvalue weighted by atomic mass is 10.1. The zero-order chi connectivity index (χ0) is 15.6. The Morgan fingerprint density at radius 2 is 1.90 bits per heavy atom. The minimum absolute atomic E-state index is 0.286. The normalized spacial score (nSPS) is 12.3. The maximum absolute atomic E-state index is 12.9. The number of ether oxygens (including phenoxy) is 1.